The molecule has 8 amide bonds. The first-order valence-corrected chi connectivity index (χ1v) is 45.0. The monoisotopic (exact) mass is 1900 g/mol. The van der Waals surface area contributed by atoms with Crippen molar-refractivity contribution in [3.63, 3.8) is 0 Å². The molecule has 0 aliphatic carbocycles. The molecule has 43 nitrogen and oxygen atoms in total. The molecule has 0 unspecified atom stereocenters. The number of nitrogens with one attached hydrogen (secondary N) is 8. The van der Waals surface area contributed by atoms with E-state index < -0.39 is 47.1 Å². The van der Waals surface area contributed by atoms with Crippen molar-refractivity contribution in [3.05, 3.63) is 220 Å². The van der Waals surface area contributed by atoms with Crippen molar-refractivity contribution in [2.45, 2.75) is 122 Å². The molecule has 0 spiro atoms. The summed E-state index contributed by atoms with van der Waals surface area (Å²) >= 11 is 0. The van der Waals surface area contributed by atoms with Crippen LogP contribution in [-0.2, 0) is 147 Å². The van der Waals surface area contributed by atoms with Crippen LogP contribution in [0, 0.1) is 0 Å². The Morgan fingerprint density at radius 1 is 0.266 bits per heavy atom. The van der Waals surface area contributed by atoms with Crippen LogP contribution < -0.4 is 42.5 Å². The van der Waals surface area contributed by atoms with Gasteiger partial charge < -0.3 is 102 Å². The number of aryl methyl sites for hydroxylation is 12. The number of unbranched alkanes of at least 4 members (excludes halogenated alkanes) is 1. The largest absolute Gasteiger partial charge is 0.351 e. The minimum atomic E-state index is -0.670. The van der Waals surface area contributed by atoms with Crippen molar-refractivity contribution in [1.82, 2.24) is 95.3 Å². The Bertz CT molecular complexity index is 6810. The summed E-state index contributed by atoms with van der Waals surface area (Å²) in [6.45, 7) is 2.30. The normalized spacial score (nSPS) is 11.3. The third-order valence-corrected chi connectivity index (χ3v) is 23.0. The molecule has 12 rings (SSSR count). The Morgan fingerprint density at radius 3 is 1.04 bits per heavy atom. The molecule has 12 heterocycles. The van der Waals surface area contributed by atoms with Gasteiger partial charge in [0.25, 0.3) is 35.4 Å². The minimum absolute atomic E-state index is 0.0402. The molecule has 0 bridgehead atoms. The fourth-order valence-electron chi connectivity index (χ4n) is 16.3. The zero-order chi connectivity index (χ0) is 101. The Morgan fingerprint density at radius 2 is 0.604 bits per heavy atom. The number of amides is 8. The number of hydrogen-bond donors (Lipinski definition) is 8. The van der Waals surface area contributed by atoms with Gasteiger partial charge in [0.1, 0.15) is 45.8 Å². The van der Waals surface area contributed by atoms with Gasteiger partial charge in [-0.1, -0.05) is 0 Å². The van der Waals surface area contributed by atoms with Crippen molar-refractivity contribution < 1.29 is 81.5 Å². The third-order valence-electron chi connectivity index (χ3n) is 23.0. The maximum Gasteiger partial charge on any atom is 0.291 e. The number of Topliss-reactive ketones (excluding diaryl/α,β-unsaturated/α-hetero) is 9. The molecule has 0 saturated heterocycles. The predicted molar refractivity (Wildman–Crippen MR) is 511 cm³/mol. The van der Waals surface area contributed by atoms with E-state index in [9.17, 15) is 81.5 Å². The average Bonchev–Trinajstić information content (AvgIpc) is 1.68. The summed E-state index contributed by atoms with van der Waals surface area (Å²) in [5.74, 6) is -5.70. The number of ketones is 9. The molecule has 0 aromatic carbocycles. The highest BCUT2D eigenvalue weighted by Gasteiger charge is 2.29. The van der Waals surface area contributed by atoms with E-state index in [2.05, 4.69) is 72.4 Å². The molecule has 730 valence electrons. The van der Waals surface area contributed by atoms with Gasteiger partial charge in [0.15, 0.2) is 46.5 Å². The lowest BCUT2D eigenvalue weighted by Gasteiger charge is -2.08. The molecule has 43 heteroatoms. The summed E-state index contributed by atoms with van der Waals surface area (Å²) in [4.78, 5) is 249. The van der Waals surface area contributed by atoms with Crippen LogP contribution in [0.1, 0.15) is 244 Å². The van der Waals surface area contributed by atoms with E-state index >= 15 is 0 Å². The fourth-order valence-corrected chi connectivity index (χ4v) is 16.3. The number of anilines is 6. The lowest BCUT2D eigenvalue weighted by atomic mass is 10.1. The molecule has 12 aromatic rings. The molecule has 8 N–H and O–H groups in total. The van der Waals surface area contributed by atoms with Gasteiger partial charge >= 0.3 is 0 Å². The van der Waals surface area contributed by atoms with Crippen LogP contribution in [0.5, 0.6) is 0 Å². The smallest absolute Gasteiger partial charge is 0.291 e. The third kappa shape index (κ3) is 26.7. The highest BCUT2D eigenvalue weighted by atomic mass is 16.2. The van der Waals surface area contributed by atoms with Gasteiger partial charge in [-0.3, -0.25) is 81.5 Å². The summed E-state index contributed by atoms with van der Waals surface area (Å²) < 4.78 is 18.4. The lowest BCUT2D eigenvalue weighted by Crippen LogP contribution is -2.29. The van der Waals surface area contributed by atoms with E-state index in [1.807, 2.05) is 14.1 Å². The quantitative estimate of drug-likeness (QED) is 0.0137. The van der Waals surface area contributed by atoms with Gasteiger partial charge in [0.2, 0.25) is 35.0 Å². The maximum atomic E-state index is 13.8. The van der Waals surface area contributed by atoms with Gasteiger partial charge in [-0.05, 0) is 106 Å². The highest BCUT2D eigenvalue weighted by molar-refractivity contribution is 6.10. The number of hydrogen-bond acceptors (Lipinski definition) is 23. The zero-order valence-corrected chi connectivity index (χ0v) is 80.3. The second-order valence-corrected chi connectivity index (χ2v) is 35.1. The first-order valence-electron chi connectivity index (χ1n) is 45.0. The summed E-state index contributed by atoms with van der Waals surface area (Å²) in [6, 6.07) is 10.6. The molecule has 0 atom stereocenters. The molecular formula is C96H114N26O17. The number of aromatic nitrogens is 17. The predicted octanol–water partition coefficient (Wildman–Crippen LogP) is 7.29. The first kappa shape index (κ1) is 102. The van der Waals surface area contributed by atoms with Crippen LogP contribution in [0.2, 0.25) is 0 Å². The van der Waals surface area contributed by atoms with E-state index in [1.54, 1.807) is 175 Å². The molecule has 0 fully saturated rings. The van der Waals surface area contributed by atoms with Crippen molar-refractivity contribution >= 4 is 134 Å². The Kier molecular flexibility index (Phi) is 32.9. The van der Waals surface area contributed by atoms with Crippen LogP contribution in [0.4, 0.5) is 34.3 Å². The van der Waals surface area contributed by atoms with E-state index in [-0.39, 0.29) is 224 Å². The summed E-state index contributed by atoms with van der Waals surface area (Å²) in [5.41, 5.74) is 5.83. The number of carbonyl (C=O) groups is 17. The standard InChI is InChI=1S/C96H114N26O17/c1-56(123)99-61-37-75(115(8)46-61)93(136)106-64-40-76(116(9)49-64)94(137)105-63-39-74(114(7)48-63)92(135)98-29-27-85(133)108-84-55-122(15)90(109-84)96(139)107-65-41-77(117(10)50-65)95(138)104-62-38-73(113(6)47-62)91(134)97-28-20-24-70(126)36-60-52-120(13)89(101-60)83(132)43-67-54-121(14)88(103-67)82(131)33-57-31-71(111(4)44-57)78(127)25-19-23-69(125)35-59-51-119(12)87(100-59)81(130)34-58-32-72(112(5)45-58)80(129)42-66-53-118(11)86(102-66)79(128)26-18-22-68(124)21-16-17-30-110(2)3/h31-32,37-41,44-55H,16-30,33-36,42-43H2,1-15H3,(H,97,134)(H,98,135)(H,99,123)(H,104,138)(H,105,137)(H,106,136)(H,107,139)(H,108,133). The Labute approximate surface area is 798 Å². The number of nitrogens with zero attached hydrogens (tertiary/aromatic N) is 18. The average molecular weight is 1900 g/mol. The second kappa shape index (κ2) is 44.9. The SMILES string of the molecule is CC(=O)Nc1cc(C(=O)Nc2cc(C(=O)Nc3cc(C(=O)NCCC(=O)Nc4cn(C)c(C(=O)Nc5cc(C(=O)Nc6cc(C(=O)NCCCC(=O)Cc7cn(C)c(C(=O)Cc8cn(C)c(C(=O)Cc9cc(C(=O)CCCC(=O)Cc%10cn(C)c(C(=O)Cc%11cc(C(=O)Cc%12cn(C)c(C(=O)CCCC(=O)CCCCN(C)C)n%12)n(C)c%11)n%10)n(C)c9)n8)n7)n(C)c6)n(C)c5)n4)n(C)c3)n(C)c2)n(C)c1. The van der Waals surface area contributed by atoms with Crippen LogP contribution in [0.15, 0.2) is 117 Å². The van der Waals surface area contributed by atoms with Gasteiger partial charge in [0.05, 0.1) is 88.3 Å². The highest BCUT2D eigenvalue weighted by Crippen LogP contribution is 2.26. The topological polar surface area (TPSA) is 513 Å². The van der Waals surface area contributed by atoms with E-state index in [0.717, 1.165) is 19.4 Å². The minimum Gasteiger partial charge on any atom is -0.351 e. The Hall–Kier alpha value is -16.2. The number of rotatable bonds is 50. The van der Waals surface area contributed by atoms with E-state index in [4.69, 9.17) is 0 Å². The van der Waals surface area contributed by atoms with Crippen molar-refractivity contribution in [2.24, 2.45) is 84.6 Å². The zero-order valence-electron chi connectivity index (χ0n) is 80.3. The first-order chi connectivity index (χ1) is 66.0. The van der Waals surface area contributed by atoms with E-state index in [0.29, 0.717) is 81.6 Å². The fraction of sp³-hybridized carbons (Fsp3) is 0.375. The van der Waals surface area contributed by atoms with Crippen molar-refractivity contribution in [2.75, 3.05) is 65.6 Å². The molecule has 0 aliphatic heterocycles. The summed E-state index contributed by atoms with van der Waals surface area (Å²) in [6.07, 6.45) is 21.9. The van der Waals surface area contributed by atoms with Crippen LogP contribution in [0.3, 0.4) is 0 Å². The number of imidazole rings is 5. The second-order valence-electron chi connectivity index (χ2n) is 35.1. The van der Waals surface area contributed by atoms with Crippen LogP contribution >= 0.6 is 0 Å². The lowest BCUT2D eigenvalue weighted by molar-refractivity contribution is -0.119. The summed E-state index contributed by atoms with van der Waals surface area (Å²) in [5, 5.41) is 21.7. The van der Waals surface area contributed by atoms with Crippen molar-refractivity contribution in [1.29, 1.82) is 0 Å². The molecule has 0 saturated carbocycles. The van der Waals surface area contributed by atoms with Gasteiger partial charge in [0, 0.05) is 237 Å². The van der Waals surface area contributed by atoms with Gasteiger partial charge in [-0.15, -0.1) is 0 Å². The van der Waals surface area contributed by atoms with Gasteiger partial charge in [-0.25, -0.2) is 24.9 Å². The van der Waals surface area contributed by atoms with Crippen molar-refractivity contribution in [3.8, 4) is 0 Å². The Balaban J connectivity index is 0.517. The van der Waals surface area contributed by atoms with Crippen LogP contribution in [0.25, 0.3) is 0 Å². The summed E-state index contributed by atoms with van der Waals surface area (Å²) in [7, 11) is 23.6. The maximum absolute atomic E-state index is 13.8. The molecule has 12 aromatic heterocycles. The van der Waals surface area contributed by atoms with E-state index in [1.165, 1.54) is 87.8 Å². The molecular weight excluding hydrogens is 1790 g/mol. The molecule has 0 radical (unpaired) electrons. The molecule has 139 heavy (non-hydrogen) atoms. The molecule has 0 aliphatic rings. The van der Waals surface area contributed by atoms with Gasteiger partial charge in [-0.2, -0.15) is 0 Å². The number of carbonyl (C=O) groups excluding carboxylic acids is 17. The van der Waals surface area contributed by atoms with Crippen LogP contribution in [-0.4, -0.2) is 218 Å².